The maximum Gasteiger partial charge on any atom is 0.220 e. The van der Waals surface area contributed by atoms with E-state index in [1.54, 1.807) is 13.8 Å². The largest absolute Gasteiger partial charge is 0.354 e. The van der Waals surface area contributed by atoms with Crippen LogP contribution in [0.4, 0.5) is 0 Å². The number of carbonyl (C=O) groups is 1. The van der Waals surface area contributed by atoms with Gasteiger partial charge in [0, 0.05) is 13.5 Å². The van der Waals surface area contributed by atoms with Crippen LogP contribution in [0.2, 0.25) is 0 Å². The van der Waals surface area contributed by atoms with Crippen molar-refractivity contribution in [3.05, 3.63) is 0 Å². The molecule has 0 aromatic heterocycles. The maximum absolute atomic E-state index is 11.3. The molecule has 0 aliphatic carbocycles. The minimum Gasteiger partial charge on any atom is -0.354 e. The Hall–Kier alpha value is -0.450. The lowest BCUT2D eigenvalue weighted by Gasteiger charge is -2.30. The van der Waals surface area contributed by atoms with Gasteiger partial charge in [-0.1, -0.05) is 13.8 Å². The summed E-state index contributed by atoms with van der Waals surface area (Å²) in [5.41, 5.74) is 0. The molecule has 1 saturated heterocycles. The number of methoxy groups -OCH3 is 1. The van der Waals surface area contributed by atoms with Crippen LogP contribution in [0, 0.1) is 0 Å². The fraction of sp³-hybridized carbons (Fsp3) is 0.909. The molecule has 1 aliphatic heterocycles. The third-order valence-corrected chi connectivity index (χ3v) is 1.98. The van der Waals surface area contributed by atoms with Crippen molar-refractivity contribution in [2.75, 3.05) is 13.7 Å². The molecule has 0 radical (unpaired) electrons. The van der Waals surface area contributed by atoms with Gasteiger partial charge < -0.3 is 14.2 Å². The van der Waals surface area contributed by atoms with Crippen LogP contribution in [0.5, 0.6) is 0 Å². The Kier molecular flexibility index (Phi) is 6.72. The van der Waals surface area contributed by atoms with Crippen molar-refractivity contribution in [1.29, 1.82) is 0 Å². The summed E-state index contributed by atoms with van der Waals surface area (Å²) in [6.07, 6.45) is 0.569. The molecule has 4 heteroatoms. The standard InChI is InChI=1S/C9H16O4.C2H6/c1-9(2,11-3)13-8-7(10)5-4-6-12-8;1-2/h8H,4-6H2,1-3H3;1-2H3/t8-;/m0./s1. The molecule has 0 bridgehead atoms. The van der Waals surface area contributed by atoms with E-state index in [0.29, 0.717) is 13.0 Å². The molecule has 4 nitrogen and oxygen atoms in total. The summed E-state index contributed by atoms with van der Waals surface area (Å²) in [6.45, 7) is 8.08. The van der Waals surface area contributed by atoms with Crippen molar-refractivity contribution in [3.8, 4) is 0 Å². The minimum atomic E-state index is -0.766. The molecular formula is C11H22O4. The first-order valence-electron chi connectivity index (χ1n) is 5.42. The second-order valence-electron chi connectivity index (χ2n) is 3.49. The fourth-order valence-electron chi connectivity index (χ4n) is 1.05. The van der Waals surface area contributed by atoms with Gasteiger partial charge in [-0.25, -0.2) is 0 Å². The predicted molar refractivity (Wildman–Crippen MR) is 57.5 cm³/mol. The first-order valence-corrected chi connectivity index (χ1v) is 5.42. The zero-order chi connectivity index (χ0) is 11.9. The average Bonchev–Trinajstić information content (AvgIpc) is 2.24. The summed E-state index contributed by atoms with van der Waals surface area (Å²) < 4.78 is 15.6. The van der Waals surface area contributed by atoms with Crippen LogP contribution in [0.25, 0.3) is 0 Å². The van der Waals surface area contributed by atoms with Crippen LogP contribution in [0.3, 0.4) is 0 Å². The molecule has 0 unspecified atom stereocenters. The van der Waals surface area contributed by atoms with Gasteiger partial charge in [0.05, 0.1) is 6.61 Å². The van der Waals surface area contributed by atoms with Crippen molar-refractivity contribution in [1.82, 2.24) is 0 Å². The van der Waals surface area contributed by atoms with Crippen molar-refractivity contribution in [2.45, 2.75) is 52.6 Å². The molecular weight excluding hydrogens is 196 g/mol. The summed E-state index contributed by atoms with van der Waals surface area (Å²) in [4.78, 5) is 11.3. The van der Waals surface area contributed by atoms with Gasteiger partial charge in [0.2, 0.25) is 6.29 Å². The van der Waals surface area contributed by atoms with E-state index in [4.69, 9.17) is 14.2 Å². The van der Waals surface area contributed by atoms with Crippen LogP contribution in [0.15, 0.2) is 0 Å². The smallest absolute Gasteiger partial charge is 0.220 e. The second-order valence-corrected chi connectivity index (χ2v) is 3.49. The van der Waals surface area contributed by atoms with Crippen LogP contribution in [0.1, 0.15) is 40.5 Å². The Bertz CT molecular complexity index is 189. The Morgan fingerprint density at radius 1 is 1.40 bits per heavy atom. The molecule has 0 aromatic carbocycles. The van der Waals surface area contributed by atoms with E-state index < -0.39 is 12.1 Å². The summed E-state index contributed by atoms with van der Waals surface area (Å²) in [6, 6.07) is 0. The number of hydrogen-bond acceptors (Lipinski definition) is 4. The van der Waals surface area contributed by atoms with Gasteiger partial charge in [0.15, 0.2) is 11.6 Å². The molecule has 1 atom stereocenters. The Morgan fingerprint density at radius 2 is 2.00 bits per heavy atom. The molecule has 1 fully saturated rings. The van der Waals surface area contributed by atoms with Gasteiger partial charge in [0.25, 0.3) is 0 Å². The molecule has 0 saturated carbocycles. The summed E-state index contributed by atoms with van der Waals surface area (Å²) in [5, 5.41) is 0. The first-order chi connectivity index (χ1) is 7.05. The van der Waals surface area contributed by atoms with E-state index in [0.717, 1.165) is 6.42 Å². The van der Waals surface area contributed by atoms with Gasteiger partial charge in [-0.15, -0.1) is 0 Å². The summed E-state index contributed by atoms with van der Waals surface area (Å²) in [7, 11) is 1.54. The van der Waals surface area contributed by atoms with E-state index in [9.17, 15) is 4.79 Å². The number of ketones is 1. The van der Waals surface area contributed by atoms with Gasteiger partial charge in [-0.2, -0.15) is 0 Å². The highest BCUT2D eigenvalue weighted by molar-refractivity contribution is 5.82. The lowest BCUT2D eigenvalue weighted by Crippen LogP contribution is -2.40. The maximum atomic E-state index is 11.3. The number of rotatable bonds is 3. The second kappa shape index (κ2) is 6.93. The number of Topliss-reactive ketones (excluding diaryl/α,β-unsaturated/α-hetero) is 1. The number of ether oxygens (including phenoxy) is 3. The van der Waals surface area contributed by atoms with Gasteiger partial charge in [-0.3, -0.25) is 4.79 Å². The van der Waals surface area contributed by atoms with E-state index in [-0.39, 0.29) is 5.78 Å². The quantitative estimate of drug-likeness (QED) is 0.681. The first kappa shape index (κ1) is 14.6. The normalized spacial score (nSPS) is 21.9. The lowest BCUT2D eigenvalue weighted by atomic mass is 10.2. The predicted octanol–water partition coefficient (Wildman–Crippen LogP) is 2.12. The van der Waals surface area contributed by atoms with E-state index >= 15 is 0 Å². The molecule has 0 N–H and O–H groups in total. The highest BCUT2D eigenvalue weighted by atomic mass is 16.8. The Morgan fingerprint density at radius 3 is 2.47 bits per heavy atom. The van der Waals surface area contributed by atoms with E-state index in [1.165, 1.54) is 7.11 Å². The Labute approximate surface area is 91.9 Å². The average molecular weight is 218 g/mol. The zero-order valence-corrected chi connectivity index (χ0v) is 10.3. The van der Waals surface area contributed by atoms with Crippen molar-refractivity contribution >= 4 is 5.78 Å². The van der Waals surface area contributed by atoms with E-state index in [2.05, 4.69) is 0 Å². The van der Waals surface area contributed by atoms with Crippen LogP contribution in [-0.2, 0) is 19.0 Å². The van der Waals surface area contributed by atoms with Gasteiger partial charge in [0.1, 0.15) is 0 Å². The highest BCUT2D eigenvalue weighted by Gasteiger charge is 2.30. The third kappa shape index (κ3) is 5.25. The molecule has 1 aliphatic rings. The van der Waals surface area contributed by atoms with Gasteiger partial charge >= 0.3 is 0 Å². The van der Waals surface area contributed by atoms with Crippen molar-refractivity contribution in [2.24, 2.45) is 0 Å². The molecule has 90 valence electrons. The zero-order valence-electron chi connectivity index (χ0n) is 10.3. The summed E-state index contributed by atoms with van der Waals surface area (Å²) in [5.74, 6) is -0.770. The van der Waals surface area contributed by atoms with Crippen LogP contribution >= 0.6 is 0 Å². The van der Waals surface area contributed by atoms with E-state index in [1.807, 2.05) is 13.8 Å². The van der Waals surface area contributed by atoms with Crippen LogP contribution < -0.4 is 0 Å². The molecule has 1 rings (SSSR count). The lowest BCUT2D eigenvalue weighted by molar-refractivity contribution is -0.280. The minimum absolute atomic E-state index is 0.00336. The number of hydrogen-bond donors (Lipinski definition) is 0. The van der Waals surface area contributed by atoms with Crippen LogP contribution in [-0.4, -0.2) is 31.6 Å². The molecule has 0 amide bonds. The molecule has 0 aromatic rings. The Balaban J connectivity index is 0.000000921. The molecule has 15 heavy (non-hydrogen) atoms. The third-order valence-electron chi connectivity index (χ3n) is 1.98. The highest BCUT2D eigenvalue weighted by Crippen LogP contribution is 2.18. The number of carbonyl (C=O) groups excluding carboxylic acids is 1. The SMILES string of the molecule is CC.COC(C)(C)O[C@@H]1OCCCC1=O. The molecule has 1 heterocycles. The van der Waals surface area contributed by atoms with Crippen molar-refractivity contribution in [3.63, 3.8) is 0 Å². The van der Waals surface area contributed by atoms with Gasteiger partial charge in [-0.05, 0) is 20.3 Å². The monoisotopic (exact) mass is 218 g/mol. The van der Waals surface area contributed by atoms with Crippen molar-refractivity contribution < 1.29 is 19.0 Å². The topological polar surface area (TPSA) is 44.8 Å². The summed E-state index contributed by atoms with van der Waals surface area (Å²) >= 11 is 0. The fourth-order valence-corrected chi connectivity index (χ4v) is 1.05. The molecule has 0 spiro atoms.